The number of hydrogen-bond acceptors (Lipinski definition) is 6. The van der Waals surface area contributed by atoms with Crippen molar-refractivity contribution in [3.05, 3.63) is 34.9 Å². The molecule has 1 spiro atoms. The molecule has 2 fully saturated rings. The molecule has 0 aromatic heterocycles. The first-order valence-corrected chi connectivity index (χ1v) is 10.7. The minimum Gasteiger partial charge on any atom is -0.478 e. The lowest BCUT2D eigenvalue weighted by Gasteiger charge is -2.49. The second kappa shape index (κ2) is 6.82. The van der Waals surface area contributed by atoms with E-state index in [1.807, 2.05) is 39.0 Å². The zero-order valence-electron chi connectivity index (χ0n) is 18.3. The number of benzene rings is 1. The van der Waals surface area contributed by atoms with Crippen LogP contribution in [0.15, 0.2) is 18.2 Å². The largest absolute Gasteiger partial charge is 0.478 e. The van der Waals surface area contributed by atoms with Crippen LogP contribution in [0.5, 0.6) is 5.75 Å². The molecule has 1 aromatic carbocycles. The van der Waals surface area contributed by atoms with E-state index in [-0.39, 0.29) is 30.9 Å². The van der Waals surface area contributed by atoms with Gasteiger partial charge in [-0.1, -0.05) is 12.1 Å². The molecule has 4 amide bonds. The molecule has 168 valence electrons. The van der Waals surface area contributed by atoms with E-state index in [4.69, 9.17) is 9.47 Å². The van der Waals surface area contributed by atoms with E-state index in [0.717, 1.165) is 11.1 Å². The van der Waals surface area contributed by atoms with Crippen molar-refractivity contribution in [2.75, 3.05) is 13.1 Å². The highest BCUT2D eigenvalue weighted by Crippen LogP contribution is 2.43. The number of rotatable bonds is 1. The molecule has 1 N–H and O–H groups in total. The van der Waals surface area contributed by atoms with Crippen molar-refractivity contribution in [1.29, 1.82) is 0 Å². The quantitative estimate of drug-likeness (QED) is 0.670. The van der Waals surface area contributed by atoms with Gasteiger partial charge >= 0.3 is 6.09 Å². The number of amides is 4. The molecule has 0 radical (unpaired) electrons. The fourth-order valence-electron chi connectivity index (χ4n) is 4.59. The molecule has 4 aliphatic heterocycles. The predicted octanol–water partition coefficient (Wildman–Crippen LogP) is 1.84. The van der Waals surface area contributed by atoms with Gasteiger partial charge in [-0.2, -0.15) is 0 Å². The Labute approximate surface area is 185 Å². The summed E-state index contributed by atoms with van der Waals surface area (Å²) in [7, 11) is 0. The Kier molecular flexibility index (Phi) is 4.38. The van der Waals surface area contributed by atoms with Crippen molar-refractivity contribution in [2.45, 2.75) is 57.4 Å². The van der Waals surface area contributed by atoms with E-state index in [0.29, 0.717) is 30.8 Å². The van der Waals surface area contributed by atoms with E-state index >= 15 is 0 Å². The SMILES string of the molecule is CC(C)(C)OC(=O)N1CC2(C=Cc3ccc4c(c3O2)CN(C2CCC(=O)NC2=O)C4=O)C1. The van der Waals surface area contributed by atoms with Crippen LogP contribution in [0.25, 0.3) is 6.08 Å². The van der Waals surface area contributed by atoms with Crippen LogP contribution in [0.2, 0.25) is 0 Å². The van der Waals surface area contributed by atoms with E-state index in [1.165, 1.54) is 4.90 Å². The lowest BCUT2D eigenvalue weighted by Crippen LogP contribution is -2.66. The third-order valence-corrected chi connectivity index (χ3v) is 6.14. The van der Waals surface area contributed by atoms with E-state index in [1.54, 1.807) is 11.0 Å². The number of ether oxygens (including phenoxy) is 2. The van der Waals surface area contributed by atoms with Gasteiger partial charge in [0.25, 0.3) is 5.91 Å². The maximum atomic E-state index is 13.0. The molecule has 1 aromatic rings. The van der Waals surface area contributed by atoms with Crippen LogP contribution < -0.4 is 10.1 Å². The molecule has 1 unspecified atom stereocenters. The molecule has 0 saturated carbocycles. The van der Waals surface area contributed by atoms with Gasteiger partial charge in [-0.25, -0.2) is 4.79 Å². The van der Waals surface area contributed by atoms with Gasteiger partial charge in [-0.3, -0.25) is 24.6 Å². The monoisotopic (exact) mass is 439 g/mol. The molecule has 32 heavy (non-hydrogen) atoms. The Hall–Kier alpha value is -3.36. The lowest BCUT2D eigenvalue weighted by molar-refractivity contribution is -0.136. The second-order valence-corrected chi connectivity index (χ2v) is 9.75. The van der Waals surface area contributed by atoms with Crippen LogP contribution in [0.4, 0.5) is 4.79 Å². The third-order valence-electron chi connectivity index (χ3n) is 6.14. The molecule has 0 bridgehead atoms. The molecule has 2 saturated heterocycles. The Bertz CT molecular complexity index is 1080. The van der Waals surface area contributed by atoms with Crippen molar-refractivity contribution in [2.24, 2.45) is 0 Å². The second-order valence-electron chi connectivity index (χ2n) is 9.75. The highest BCUT2D eigenvalue weighted by atomic mass is 16.6. The molecule has 9 heteroatoms. The summed E-state index contributed by atoms with van der Waals surface area (Å²) < 4.78 is 11.8. The van der Waals surface area contributed by atoms with Crippen LogP contribution in [0, 0.1) is 0 Å². The van der Waals surface area contributed by atoms with Crippen LogP contribution >= 0.6 is 0 Å². The molecule has 4 aliphatic rings. The zero-order chi connectivity index (χ0) is 22.8. The zero-order valence-corrected chi connectivity index (χ0v) is 18.3. The Balaban J connectivity index is 1.35. The van der Waals surface area contributed by atoms with Crippen LogP contribution in [0.3, 0.4) is 0 Å². The summed E-state index contributed by atoms with van der Waals surface area (Å²) in [6.07, 6.45) is 4.02. The number of likely N-dealkylation sites (tertiary alicyclic amines) is 1. The highest BCUT2D eigenvalue weighted by molar-refractivity contribution is 6.06. The van der Waals surface area contributed by atoms with E-state index in [9.17, 15) is 19.2 Å². The summed E-state index contributed by atoms with van der Waals surface area (Å²) in [6.45, 7) is 6.41. The molecule has 1 atom stereocenters. The standard InChI is InChI=1S/C23H25N3O6/c1-22(2,3)32-21(30)25-11-23(12-25)9-8-13-4-5-14-15(18(13)31-23)10-26(20(14)29)16-6-7-17(27)24-19(16)28/h4-5,8-9,16H,6-7,10-12H2,1-3H3,(H,24,27,28). The van der Waals surface area contributed by atoms with Crippen molar-refractivity contribution >= 4 is 29.9 Å². The maximum absolute atomic E-state index is 13.0. The fourth-order valence-corrected chi connectivity index (χ4v) is 4.59. The van der Waals surface area contributed by atoms with Crippen LogP contribution in [-0.4, -0.2) is 63.9 Å². The van der Waals surface area contributed by atoms with Gasteiger partial charge in [-0.15, -0.1) is 0 Å². The summed E-state index contributed by atoms with van der Waals surface area (Å²) in [6, 6.07) is 2.90. The van der Waals surface area contributed by atoms with Crippen molar-refractivity contribution in [3.63, 3.8) is 0 Å². The van der Waals surface area contributed by atoms with Crippen molar-refractivity contribution in [3.8, 4) is 5.75 Å². The average Bonchev–Trinajstić information content (AvgIpc) is 3.01. The summed E-state index contributed by atoms with van der Waals surface area (Å²) in [5.74, 6) is -0.395. The molecule has 5 rings (SSSR count). The van der Waals surface area contributed by atoms with Crippen molar-refractivity contribution < 1.29 is 28.7 Å². The number of fused-ring (bicyclic) bond motifs is 3. The molecular weight excluding hydrogens is 414 g/mol. The first-order valence-electron chi connectivity index (χ1n) is 10.7. The summed E-state index contributed by atoms with van der Waals surface area (Å²) in [5, 5.41) is 2.32. The molecule has 9 nitrogen and oxygen atoms in total. The molecule has 4 heterocycles. The van der Waals surface area contributed by atoms with E-state index in [2.05, 4.69) is 5.32 Å². The normalized spacial score (nSPS) is 23.3. The summed E-state index contributed by atoms with van der Waals surface area (Å²) in [4.78, 5) is 52.3. The first kappa shape index (κ1) is 20.5. The summed E-state index contributed by atoms with van der Waals surface area (Å²) >= 11 is 0. The van der Waals surface area contributed by atoms with Gasteiger partial charge in [0.05, 0.1) is 19.6 Å². The molecular formula is C23H25N3O6. The Morgan fingerprint density at radius 3 is 2.66 bits per heavy atom. The summed E-state index contributed by atoms with van der Waals surface area (Å²) in [5.41, 5.74) is 0.849. The van der Waals surface area contributed by atoms with Gasteiger partial charge in [0.15, 0.2) is 5.60 Å². The smallest absolute Gasteiger partial charge is 0.410 e. The number of nitrogens with one attached hydrogen (secondary N) is 1. The Morgan fingerprint density at radius 1 is 1.22 bits per heavy atom. The van der Waals surface area contributed by atoms with Gasteiger partial charge in [0.2, 0.25) is 11.8 Å². The topological polar surface area (TPSA) is 105 Å². The minimum absolute atomic E-state index is 0.206. The number of hydrogen-bond donors (Lipinski definition) is 1. The lowest BCUT2D eigenvalue weighted by atomic mass is 9.89. The number of carbonyl (C=O) groups excluding carboxylic acids is 4. The van der Waals surface area contributed by atoms with Gasteiger partial charge in [-0.05, 0) is 39.3 Å². The van der Waals surface area contributed by atoms with Gasteiger partial charge < -0.3 is 14.4 Å². The number of nitrogens with zero attached hydrogens (tertiary/aromatic N) is 2. The van der Waals surface area contributed by atoms with Crippen molar-refractivity contribution in [1.82, 2.24) is 15.1 Å². The van der Waals surface area contributed by atoms with Gasteiger partial charge in [0, 0.05) is 23.1 Å². The van der Waals surface area contributed by atoms with Crippen LogP contribution in [0.1, 0.15) is 55.1 Å². The average molecular weight is 439 g/mol. The third kappa shape index (κ3) is 3.32. The number of piperidine rings is 1. The van der Waals surface area contributed by atoms with Gasteiger partial charge in [0.1, 0.15) is 17.4 Å². The fraction of sp³-hybridized carbons (Fsp3) is 0.478. The maximum Gasteiger partial charge on any atom is 0.410 e. The minimum atomic E-state index is -0.678. The predicted molar refractivity (Wildman–Crippen MR) is 113 cm³/mol. The molecule has 0 aliphatic carbocycles. The number of carbonyl (C=O) groups is 4. The van der Waals surface area contributed by atoms with E-state index < -0.39 is 23.2 Å². The Morgan fingerprint density at radius 2 is 1.97 bits per heavy atom. The van der Waals surface area contributed by atoms with Crippen LogP contribution in [-0.2, 0) is 20.9 Å². The first-order chi connectivity index (χ1) is 15.1. The number of imide groups is 1. The highest BCUT2D eigenvalue weighted by Gasteiger charge is 2.50.